The second-order valence-electron chi connectivity index (χ2n) is 5.83. The van der Waals surface area contributed by atoms with E-state index in [1.165, 1.54) is 0 Å². The summed E-state index contributed by atoms with van der Waals surface area (Å²) in [6.07, 6.45) is 3.12. The minimum Gasteiger partial charge on any atom is -0.380 e. The predicted molar refractivity (Wildman–Crippen MR) is 84.7 cm³/mol. The maximum absolute atomic E-state index is 9.29. The number of hydrogen-bond donors (Lipinski definition) is 1. The zero-order valence-electron chi connectivity index (χ0n) is 14.0. The van der Waals surface area contributed by atoms with Crippen molar-refractivity contribution < 1.29 is 4.74 Å². The number of nitriles is 1. The molecule has 0 saturated heterocycles. The molecule has 118 valence electrons. The molecule has 20 heavy (non-hydrogen) atoms. The molecule has 0 aliphatic carbocycles. The molecule has 0 amide bonds. The number of nitrogens with zero attached hydrogens (tertiary/aromatic N) is 2. The number of hydrogen-bond acceptors (Lipinski definition) is 4. The predicted octanol–water partition coefficient (Wildman–Crippen LogP) is 2.80. The molecule has 0 heterocycles. The van der Waals surface area contributed by atoms with Crippen molar-refractivity contribution in [1.29, 1.82) is 5.26 Å². The van der Waals surface area contributed by atoms with Crippen molar-refractivity contribution in [2.45, 2.75) is 65.5 Å². The lowest BCUT2D eigenvalue weighted by Crippen LogP contribution is -2.45. The molecule has 0 aliphatic heterocycles. The largest absolute Gasteiger partial charge is 0.380 e. The Kier molecular flexibility index (Phi) is 10.7. The molecule has 1 atom stereocenters. The van der Waals surface area contributed by atoms with Crippen LogP contribution in [-0.2, 0) is 4.74 Å². The van der Waals surface area contributed by atoms with Crippen molar-refractivity contribution in [3.63, 3.8) is 0 Å². The lowest BCUT2D eigenvalue weighted by molar-refractivity contribution is 0.114. The first-order valence-corrected chi connectivity index (χ1v) is 7.96. The van der Waals surface area contributed by atoms with Gasteiger partial charge >= 0.3 is 0 Å². The summed E-state index contributed by atoms with van der Waals surface area (Å²) in [6, 6.07) is 2.75. The van der Waals surface area contributed by atoms with Crippen LogP contribution in [0.3, 0.4) is 0 Å². The van der Waals surface area contributed by atoms with Gasteiger partial charge in [0.15, 0.2) is 0 Å². The van der Waals surface area contributed by atoms with Gasteiger partial charge in [0.2, 0.25) is 0 Å². The van der Waals surface area contributed by atoms with Crippen LogP contribution in [-0.4, -0.2) is 49.3 Å². The minimum atomic E-state index is -0.392. The lowest BCUT2D eigenvalue weighted by Gasteiger charge is -2.26. The summed E-state index contributed by atoms with van der Waals surface area (Å²) in [5.41, 5.74) is -0.392. The third kappa shape index (κ3) is 9.30. The first-order chi connectivity index (χ1) is 9.47. The highest BCUT2D eigenvalue weighted by Gasteiger charge is 2.23. The molecule has 0 rings (SSSR count). The molecular formula is C16H33N3O. The van der Waals surface area contributed by atoms with Gasteiger partial charge in [0.05, 0.1) is 12.7 Å². The average Bonchev–Trinajstić information content (AvgIpc) is 2.41. The van der Waals surface area contributed by atoms with Gasteiger partial charge in [-0.3, -0.25) is 5.32 Å². The highest BCUT2D eigenvalue weighted by atomic mass is 16.5. The Bertz CT molecular complexity index is 275. The van der Waals surface area contributed by atoms with Crippen LogP contribution in [0.2, 0.25) is 0 Å². The number of likely N-dealkylation sites (N-methyl/N-ethyl adjacent to an activating group) is 1. The first-order valence-electron chi connectivity index (χ1n) is 7.96. The van der Waals surface area contributed by atoms with Crippen LogP contribution in [0, 0.1) is 11.3 Å². The summed E-state index contributed by atoms with van der Waals surface area (Å²) in [5.74, 6) is 0. The average molecular weight is 283 g/mol. The Labute approximate surface area is 125 Å². The molecule has 1 unspecified atom stereocenters. The molecule has 0 aromatic rings. The maximum Gasteiger partial charge on any atom is 0.104 e. The van der Waals surface area contributed by atoms with Crippen molar-refractivity contribution >= 4 is 0 Å². The van der Waals surface area contributed by atoms with E-state index in [2.05, 4.69) is 37.1 Å². The Balaban J connectivity index is 3.89. The van der Waals surface area contributed by atoms with E-state index in [0.717, 1.165) is 52.1 Å². The Hall–Kier alpha value is -0.630. The summed E-state index contributed by atoms with van der Waals surface area (Å²) < 4.78 is 5.39. The Morgan fingerprint density at radius 3 is 2.45 bits per heavy atom. The number of rotatable bonds is 12. The van der Waals surface area contributed by atoms with Crippen molar-refractivity contribution in [1.82, 2.24) is 10.2 Å². The van der Waals surface area contributed by atoms with Gasteiger partial charge < -0.3 is 9.64 Å². The SMILES string of the molecule is CCOCCN(CC)CCCCC(C)(C#N)NC(C)C. The smallest absolute Gasteiger partial charge is 0.104 e. The fraction of sp³-hybridized carbons (Fsp3) is 0.938. The van der Waals surface area contributed by atoms with Crippen LogP contribution in [0.25, 0.3) is 0 Å². The minimum absolute atomic E-state index is 0.345. The second-order valence-corrected chi connectivity index (χ2v) is 5.83. The third-order valence-corrected chi connectivity index (χ3v) is 3.46. The van der Waals surface area contributed by atoms with E-state index in [0.29, 0.717) is 6.04 Å². The van der Waals surface area contributed by atoms with E-state index in [4.69, 9.17) is 4.74 Å². The van der Waals surface area contributed by atoms with Crippen molar-refractivity contribution in [2.24, 2.45) is 0 Å². The fourth-order valence-corrected chi connectivity index (χ4v) is 2.38. The molecule has 0 fully saturated rings. The van der Waals surface area contributed by atoms with E-state index >= 15 is 0 Å². The third-order valence-electron chi connectivity index (χ3n) is 3.46. The molecule has 0 aromatic heterocycles. The number of unbranched alkanes of at least 4 members (excludes halogenated alkanes) is 1. The van der Waals surface area contributed by atoms with Crippen LogP contribution in [0.15, 0.2) is 0 Å². The zero-order chi connectivity index (χ0) is 15.4. The van der Waals surface area contributed by atoms with Gasteiger partial charge in [-0.1, -0.05) is 6.92 Å². The zero-order valence-corrected chi connectivity index (χ0v) is 14.0. The number of ether oxygens (including phenoxy) is 1. The lowest BCUT2D eigenvalue weighted by atomic mass is 9.95. The van der Waals surface area contributed by atoms with Gasteiger partial charge in [0.1, 0.15) is 5.54 Å². The van der Waals surface area contributed by atoms with E-state index in [-0.39, 0.29) is 0 Å². The topological polar surface area (TPSA) is 48.3 Å². The molecule has 0 radical (unpaired) electrons. The van der Waals surface area contributed by atoms with E-state index in [1.807, 2.05) is 13.8 Å². The quantitative estimate of drug-likeness (QED) is 0.560. The van der Waals surface area contributed by atoms with Gasteiger partial charge in [-0.15, -0.1) is 0 Å². The standard InChI is InChI=1S/C16H33N3O/c1-6-19(12-13-20-7-2)11-9-8-10-16(5,14-17)18-15(3)4/h15,18H,6-13H2,1-5H3. The summed E-state index contributed by atoms with van der Waals surface area (Å²) >= 11 is 0. The molecule has 0 saturated carbocycles. The van der Waals surface area contributed by atoms with Crippen molar-refractivity contribution in [3.8, 4) is 6.07 Å². The fourth-order valence-electron chi connectivity index (χ4n) is 2.38. The molecule has 0 aromatic carbocycles. The van der Waals surface area contributed by atoms with E-state index in [9.17, 15) is 5.26 Å². The molecule has 4 nitrogen and oxygen atoms in total. The summed E-state index contributed by atoms with van der Waals surface area (Å²) in [6.45, 7) is 15.1. The molecule has 0 aliphatic rings. The highest BCUT2D eigenvalue weighted by molar-refractivity contribution is 5.04. The summed E-state index contributed by atoms with van der Waals surface area (Å²) in [4.78, 5) is 2.41. The first kappa shape index (κ1) is 19.4. The Morgan fingerprint density at radius 1 is 1.25 bits per heavy atom. The van der Waals surface area contributed by atoms with Gasteiger partial charge in [-0.05, 0) is 60.0 Å². The Morgan fingerprint density at radius 2 is 1.95 bits per heavy atom. The van der Waals surface area contributed by atoms with Crippen LogP contribution in [0.5, 0.6) is 0 Å². The van der Waals surface area contributed by atoms with Gasteiger partial charge in [-0.2, -0.15) is 5.26 Å². The van der Waals surface area contributed by atoms with Gasteiger partial charge in [-0.25, -0.2) is 0 Å². The second kappa shape index (κ2) is 11.1. The maximum atomic E-state index is 9.29. The van der Waals surface area contributed by atoms with Crippen LogP contribution in [0.4, 0.5) is 0 Å². The molecular weight excluding hydrogens is 250 g/mol. The van der Waals surface area contributed by atoms with Crippen LogP contribution < -0.4 is 5.32 Å². The monoisotopic (exact) mass is 283 g/mol. The van der Waals surface area contributed by atoms with Crippen LogP contribution >= 0.6 is 0 Å². The normalized spacial score (nSPS) is 14.5. The van der Waals surface area contributed by atoms with Gasteiger partial charge in [0.25, 0.3) is 0 Å². The summed E-state index contributed by atoms with van der Waals surface area (Å²) in [7, 11) is 0. The highest BCUT2D eigenvalue weighted by Crippen LogP contribution is 2.14. The molecule has 0 spiro atoms. The van der Waals surface area contributed by atoms with Gasteiger partial charge in [0, 0.05) is 19.2 Å². The van der Waals surface area contributed by atoms with Crippen molar-refractivity contribution in [3.05, 3.63) is 0 Å². The number of nitrogens with one attached hydrogen (secondary N) is 1. The molecule has 1 N–H and O–H groups in total. The molecule has 0 bridgehead atoms. The van der Waals surface area contributed by atoms with Crippen molar-refractivity contribution in [2.75, 3.05) is 32.8 Å². The van der Waals surface area contributed by atoms with E-state index < -0.39 is 5.54 Å². The van der Waals surface area contributed by atoms with E-state index in [1.54, 1.807) is 0 Å². The summed E-state index contributed by atoms with van der Waals surface area (Å²) in [5, 5.41) is 12.6. The molecule has 4 heteroatoms. The van der Waals surface area contributed by atoms with Crippen LogP contribution in [0.1, 0.15) is 53.9 Å².